The molecule has 2 heterocycles. The highest BCUT2D eigenvalue weighted by molar-refractivity contribution is 6.03. The minimum Gasteiger partial charge on any atom is -0.496 e. The third-order valence-electron chi connectivity index (χ3n) is 6.92. The van der Waals surface area contributed by atoms with Crippen LogP contribution in [0.15, 0.2) is 78.9 Å². The Morgan fingerprint density at radius 3 is 2.51 bits per heavy atom. The molecule has 0 saturated carbocycles. The molecule has 1 aliphatic rings. The van der Waals surface area contributed by atoms with Gasteiger partial charge in [0.15, 0.2) is 0 Å². The van der Waals surface area contributed by atoms with E-state index in [1.54, 1.807) is 12.0 Å². The molecule has 178 valence electrons. The largest absolute Gasteiger partial charge is 0.496 e. The number of benzene rings is 3. The molecule has 35 heavy (non-hydrogen) atoms. The fourth-order valence-electron chi connectivity index (χ4n) is 4.85. The number of ether oxygens (including phenoxy) is 1. The first kappa shape index (κ1) is 22.7. The Balaban J connectivity index is 1.52. The average Bonchev–Trinajstić information content (AvgIpc) is 3.24. The number of para-hydroxylation sites is 2. The predicted octanol–water partition coefficient (Wildman–Crippen LogP) is 4.69. The second-order valence-electron chi connectivity index (χ2n) is 9.32. The number of nitrogens with zero attached hydrogens (tertiary/aromatic N) is 2. The highest BCUT2D eigenvalue weighted by Gasteiger charge is 2.47. The number of rotatable bonds is 6. The molecular weight excluding hydrogens is 438 g/mol. The topological polar surface area (TPSA) is 63.6 Å². The Hall–Kier alpha value is -4.06. The van der Waals surface area contributed by atoms with Crippen molar-refractivity contribution in [2.45, 2.75) is 39.0 Å². The molecule has 0 spiro atoms. The summed E-state index contributed by atoms with van der Waals surface area (Å²) in [4.78, 5) is 29.4. The molecule has 0 saturated heterocycles. The summed E-state index contributed by atoms with van der Waals surface area (Å²) in [6, 6.07) is 25.5. The minimum absolute atomic E-state index is 0.150. The van der Waals surface area contributed by atoms with E-state index in [1.807, 2.05) is 97.3 Å². The van der Waals surface area contributed by atoms with Gasteiger partial charge in [-0.2, -0.15) is 0 Å². The Morgan fingerprint density at radius 2 is 1.74 bits per heavy atom. The molecule has 0 aliphatic carbocycles. The number of aromatic nitrogens is 1. The summed E-state index contributed by atoms with van der Waals surface area (Å²) in [6.07, 6.45) is 0. The van der Waals surface area contributed by atoms with Crippen molar-refractivity contribution in [3.63, 3.8) is 0 Å². The maximum Gasteiger partial charge on any atom is 0.271 e. The number of carbonyl (C=O) groups is 2. The first-order valence-corrected chi connectivity index (χ1v) is 11.8. The van der Waals surface area contributed by atoms with E-state index in [4.69, 9.17) is 4.74 Å². The van der Waals surface area contributed by atoms with E-state index in [1.165, 1.54) is 0 Å². The summed E-state index contributed by atoms with van der Waals surface area (Å²) in [6.45, 7) is 4.91. The normalized spacial score (nSPS) is 17.3. The molecule has 6 nitrogen and oxygen atoms in total. The number of hydrogen-bond donors (Lipinski definition) is 1. The molecule has 4 aromatic rings. The van der Waals surface area contributed by atoms with E-state index < -0.39 is 5.54 Å². The van der Waals surface area contributed by atoms with Gasteiger partial charge in [0.25, 0.3) is 5.91 Å². The van der Waals surface area contributed by atoms with Crippen LogP contribution in [0.2, 0.25) is 0 Å². The van der Waals surface area contributed by atoms with Crippen LogP contribution in [0, 0.1) is 6.92 Å². The first-order chi connectivity index (χ1) is 16.9. The van der Waals surface area contributed by atoms with Crippen LogP contribution < -0.4 is 10.1 Å². The molecule has 1 atom stereocenters. The fourth-order valence-corrected chi connectivity index (χ4v) is 4.85. The molecule has 2 amide bonds. The smallest absolute Gasteiger partial charge is 0.271 e. The second-order valence-corrected chi connectivity index (χ2v) is 9.32. The van der Waals surface area contributed by atoms with Gasteiger partial charge in [0.05, 0.1) is 13.7 Å². The standard InChI is InChI=1S/C29H29N3O3/c1-20-12-14-21(15-13-20)18-32-27(33)25-16-22-8-4-6-10-24(22)31(25)19-29(32,2)28(34)30-17-23-9-5-7-11-26(23)35-3/h4-16H,17-19H2,1-3H3,(H,30,34)/t29-/m1/s1. The highest BCUT2D eigenvalue weighted by Crippen LogP contribution is 2.33. The van der Waals surface area contributed by atoms with E-state index in [-0.39, 0.29) is 11.8 Å². The van der Waals surface area contributed by atoms with Gasteiger partial charge in [-0.15, -0.1) is 0 Å². The van der Waals surface area contributed by atoms with Crippen molar-refractivity contribution in [1.82, 2.24) is 14.8 Å². The maximum atomic E-state index is 13.9. The second kappa shape index (κ2) is 8.95. The average molecular weight is 468 g/mol. The van der Waals surface area contributed by atoms with E-state index in [9.17, 15) is 9.59 Å². The van der Waals surface area contributed by atoms with Crippen molar-refractivity contribution in [3.05, 3.63) is 101 Å². The first-order valence-electron chi connectivity index (χ1n) is 11.8. The van der Waals surface area contributed by atoms with Gasteiger partial charge in [-0.25, -0.2) is 0 Å². The Kier molecular flexibility index (Phi) is 5.81. The molecule has 0 bridgehead atoms. The van der Waals surface area contributed by atoms with Crippen LogP contribution in [0.25, 0.3) is 10.9 Å². The quantitative estimate of drug-likeness (QED) is 0.448. The number of carbonyl (C=O) groups excluding carboxylic acids is 2. The van der Waals surface area contributed by atoms with E-state index in [0.29, 0.717) is 31.1 Å². The third-order valence-corrected chi connectivity index (χ3v) is 6.92. The van der Waals surface area contributed by atoms with Gasteiger partial charge < -0.3 is 19.5 Å². The van der Waals surface area contributed by atoms with Crippen molar-refractivity contribution < 1.29 is 14.3 Å². The van der Waals surface area contributed by atoms with Crippen LogP contribution in [-0.2, 0) is 24.4 Å². The van der Waals surface area contributed by atoms with Crippen molar-refractivity contribution in [3.8, 4) is 5.75 Å². The number of nitrogens with one attached hydrogen (secondary N) is 1. The summed E-state index contributed by atoms with van der Waals surface area (Å²) in [7, 11) is 1.61. The monoisotopic (exact) mass is 467 g/mol. The number of amides is 2. The van der Waals surface area contributed by atoms with Crippen LogP contribution in [0.3, 0.4) is 0 Å². The van der Waals surface area contributed by atoms with Crippen LogP contribution in [0.1, 0.15) is 34.1 Å². The van der Waals surface area contributed by atoms with Crippen molar-refractivity contribution in [2.24, 2.45) is 0 Å². The summed E-state index contributed by atoms with van der Waals surface area (Å²) in [5.41, 5.74) is 3.49. The van der Waals surface area contributed by atoms with E-state index in [2.05, 4.69) is 5.32 Å². The molecule has 1 aliphatic heterocycles. The lowest BCUT2D eigenvalue weighted by Crippen LogP contribution is -2.63. The van der Waals surface area contributed by atoms with Gasteiger partial charge in [-0.05, 0) is 37.6 Å². The molecular formula is C29H29N3O3. The van der Waals surface area contributed by atoms with Gasteiger partial charge in [-0.1, -0.05) is 66.2 Å². The lowest BCUT2D eigenvalue weighted by Gasteiger charge is -2.44. The third kappa shape index (κ3) is 4.05. The SMILES string of the molecule is COc1ccccc1CNC(=O)[C@@]1(C)Cn2c(cc3ccccc32)C(=O)N1Cc1ccc(C)cc1. The summed E-state index contributed by atoms with van der Waals surface area (Å²) < 4.78 is 7.42. The van der Waals surface area contributed by atoms with Crippen LogP contribution in [0.5, 0.6) is 5.75 Å². The molecule has 1 N–H and O–H groups in total. The Morgan fingerprint density at radius 1 is 1.03 bits per heavy atom. The minimum atomic E-state index is -1.08. The van der Waals surface area contributed by atoms with Gasteiger partial charge in [0.2, 0.25) is 5.91 Å². The Labute approximate surface area is 205 Å². The highest BCUT2D eigenvalue weighted by atomic mass is 16.5. The number of methoxy groups -OCH3 is 1. The zero-order valence-corrected chi connectivity index (χ0v) is 20.2. The molecule has 6 heteroatoms. The molecule has 1 aromatic heterocycles. The van der Waals surface area contributed by atoms with Crippen molar-refractivity contribution >= 4 is 22.7 Å². The lowest BCUT2D eigenvalue weighted by atomic mass is 9.93. The summed E-state index contributed by atoms with van der Waals surface area (Å²) >= 11 is 0. The molecule has 0 radical (unpaired) electrons. The predicted molar refractivity (Wildman–Crippen MR) is 136 cm³/mol. The summed E-state index contributed by atoms with van der Waals surface area (Å²) in [5.74, 6) is 0.364. The maximum absolute atomic E-state index is 13.9. The molecule has 3 aromatic carbocycles. The van der Waals surface area contributed by atoms with E-state index >= 15 is 0 Å². The van der Waals surface area contributed by atoms with Gasteiger partial charge >= 0.3 is 0 Å². The number of aryl methyl sites for hydroxylation is 1. The molecule has 0 unspecified atom stereocenters. The van der Waals surface area contributed by atoms with Crippen LogP contribution in [-0.4, -0.2) is 33.9 Å². The molecule has 0 fully saturated rings. The number of hydrogen-bond acceptors (Lipinski definition) is 3. The van der Waals surface area contributed by atoms with Crippen molar-refractivity contribution in [2.75, 3.05) is 7.11 Å². The van der Waals surface area contributed by atoms with Gasteiger partial charge in [0.1, 0.15) is 17.0 Å². The van der Waals surface area contributed by atoms with Crippen LogP contribution in [0.4, 0.5) is 0 Å². The fraction of sp³-hybridized carbons (Fsp3) is 0.241. The zero-order valence-electron chi connectivity index (χ0n) is 20.2. The Bertz CT molecular complexity index is 1410. The lowest BCUT2D eigenvalue weighted by molar-refractivity contribution is -0.133. The summed E-state index contributed by atoms with van der Waals surface area (Å²) in [5, 5.41) is 4.06. The van der Waals surface area contributed by atoms with Gasteiger partial charge in [-0.3, -0.25) is 9.59 Å². The number of fused-ring (bicyclic) bond motifs is 3. The van der Waals surface area contributed by atoms with Gasteiger partial charge in [0, 0.05) is 29.6 Å². The van der Waals surface area contributed by atoms with Crippen LogP contribution >= 0.6 is 0 Å². The zero-order chi connectivity index (χ0) is 24.6. The van der Waals surface area contributed by atoms with E-state index in [0.717, 1.165) is 27.6 Å². The molecule has 5 rings (SSSR count). The van der Waals surface area contributed by atoms with Crippen molar-refractivity contribution in [1.29, 1.82) is 0 Å².